The molecule has 0 spiro atoms. The Balaban J connectivity index is 2.02. The molecule has 0 aliphatic carbocycles. The molecule has 110 valence electrons. The molecule has 5 nitrogen and oxygen atoms in total. The summed E-state index contributed by atoms with van der Waals surface area (Å²) >= 11 is 0. The average molecular weight is 294 g/mol. The lowest BCUT2D eigenvalue weighted by molar-refractivity contribution is -0.131. The number of benzene rings is 2. The minimum atomic E-state index is -0.408. The molecule has 0 aromatic heterocycles. The number of rotatable bonds is 4. The normalized spacial score (nSPS) is 9.64. The van der Waals surface area contributed by atoms with Crippen LogP contribution in [0.1, 0.15) is 22.8 Å². The Kier molecular flexibility index (Phi) is 4.89. The standard InChI is InChI=1S/C17H14N2O3/c1-12(20)22-16-8-4-14(5-9-16)17(21)19-15-6-2-13(3-7-15)10-11-18/h2-9H,10H2,1H3,(H,19,21). The van der Waals surface area contributed by atoms with E-state index >= 15 is 0 Å². The van der Waals surface area contributed by atoms with E-state index in [-0.39, 0.29) is 5.91 Å². The van der Waals surface area contributed by atoms with E-state index in [2.05, 4.69) is 11.4 Å². The molecule has 5 heteroatoms. The molecule has 0 unspecified atom stereocenters. The minimum absolute atomic E-state index is 0.262. The van der Waals surface area contributed by atoms with Crippen LogP contribution in [0.15, 0.2) is 48.5 Å². The van der Waals surface area contributed by atoms with Gasteiger partial charge in [-0.15, -0.1) is 0 Å². The minimum Gasteiger partial charge on any atom is -0.427 e. The Bertz CT molecular complexity index is 713. The third kappa shape index (κ3) is 4.18. The lowest BCUT2D eigenvalue weighted by Crippen LogP contribution is -2.11. The van der Waals surface area contributed by atoms with E-state index in [1.807, 2.05) is 0 Å². The van der Waals surface area contributed by atoms with Crippen molar-refractivity contribution >= 4 is 17.6 Å². The highest BCUT2D eigenvalue weighted by Crippen LogP contribution is 2.15. The van der Waals surface area contributed by atoms with Gasteiger partial charge in [0.1, 0.15) is 5.75 Å². The first-order valence-electron chi connectivity index (χ1n) is 6.64. The van der Waals surface area contributed by atoms with Crippen molar-refractivity contribution in [2.45, 2.75) is 13.3 Å². The van der Waals surface area contributed by atoms with Crippen LogP contribution in [0.2, 0.25) is 0 Å². The van der Waals surface area contributed by atoms with E-state index in [0.717, 1.165) is 5.56 Å². The van der Waals surface area contributed by atoms with Gasteiger partial charge in [0.15, 0.2) is 0 Å². The fourth-order valence-corrected chi connectivity index (χ4v) is 1.84. The van der Waals surface area contributed by atoms with Gasteiger partial charge in [0.05, 0.1) is 12.5 Å². The van der Waals surface area contributed by atoms with Crippen molar-refractivity contribution in [3.05, 3.63) is 59.7 Å². The summed E-state index contributed by atoms with van der Waals surface area (Å²) in [7, 11) is 0. The number of amides is 1. The molecule has 2 rings (SSSR count). The van der Waals surface area contributed by atoms with Crippen molar-refractivity contribution in [2.75, 3.05) is 5.32 Å². The zero-order valence-electron chi connectivity index (χ0n) is 12.0. The maximum atomic E-state index is 12.1. The monoisotopic (exact) mass is 294 g/mol. The van der Waals surface area contributed by atoms with E-state index in [9.17, 15) is 9.59 Å². The van der Waals surface area contributed by atoms with Gasteiger partial charge in [0, 0.05) is 18.2 Å². The summed E-state index contributed by atoms with van der Waals surface area (Å²) in [4.78, 5) is 22.9. The second-order valence-corrected chi connectivity index (χ2v) is 4.60. The maximum Gasteiger partial charge on any atom is 0.308 e. The smallest absolute Gasteiger partial charge is 0.308 e. The lowest BCUT2D eigenvalue weighted by Gasteiger charge is -2.07. The second-order valence-electron chi connectivity index (χ2n) is 4.60. The van der Waals surface area contributed by atoms with E-state index in [1.165, 1.54) is 6.92 Å². The van der Waals surface area contributed by atoms with Crippen LogP contribution in [0.25, 0.3) is 0 Å². The molecule has 0 radical (unpaired) electrons. The number of nitriles is 1. The second kappa shape index (κ2) is 7.04. The summed E-state index contributed by atoms with van der Waals surface area (Å²) < 4.78 is 4.91. The van der Waals surface area contributed by atoms with Crippen molar-refractivity contribution in [1.29, 1.82) is 5.26 Å². The topological polar surface area (TPSA) is 79.2 Å². The number of hydrogen-bond donors (Lipinski definition) is 1. The molecule has 0 saturated heterocycles. The van der Waals surface area contributed by atoms with Gasteiger partial charge < -0.3 is 10.1 Å². The van der Waals surface area contributed by atoms with E-state index in [1.54, 1.807) is 48.5 Å². The predicted molar refractivity (Wildman–Crippen MR) is 81.5 cm³/mol. The summed E-state index contributed by atoms with van der Waals surface area (Å²) in [5.41, 5.74) is 2.00. The highest BCUT2D eigenvalue weighted by molar-refractivity contribution is 6.04. The fraction of sp³-hybridized carbons (Fsp3) is 0.118. The van der Waals surface area contributed by atoms with Crippen LogP contribution in [0.5, 0.6) is 5.75 Å². The largest absolute Gasteiger partial charge is 0.427 e. The van der Waals surface area contributed by atoms with E-state index in [4.69, 9.17) is 10.00 Å². The molecular formula is C17H14N2O3. The maximum absolute atomic E-state index is 12.1. The number of anilines is 1. The number of carbonyl (C=O) groups excluding carboxylic acids is 2. The molecule has 0 atom stereocenters. The third-order valence-corrected chi connectivity index (χ3v) is 2.87. The molecule has 0 aliphatic heterocycles. The molecule has 2 aromatic carbocycles. The molecule has 0 saturated carbocycles. The Hall–Kier alpha value is -3.13. The van der Waals surface area contributed by atoms with Crippen LogP contribution in [-0.4, -0.2) is 11.9 Å². The summed E-state index contributed by atoms with van der Waals surface area (Å²) in [6, 6.07) is 15.4. The van der Waals surface area contributed by atoms with Crippen LogP contribution in [0, 0.1) is 11.3 Å². The highest BCUT2D eigenvalue weighted by atomic mass is 16.5. The molecule has 22 heavy (non-hydrogen) atoms. The number of hydrogen-bond acceptors (Lipinski definition) is 4. The molecule has 0 heterocycles. The Labute approximate surface area is 128 Å². The van der Waals surface area contributed by atoms with Crippen molar-refractivity contribution in [3.63, 3.8) is 0 Å². The Morgan fingerprint density at radius 2 is 1.73 bits per heavy atom. The summed E-state index contributed by atoms with van der Waals surface area (Å²) in [6.45, 7) is 1.32. The molecule has 0 aliphatic rings. The first-order valence-corrected chi connectivity index (χ1v) is 6.64. The van der Waals surface area contributed by atoms with Crippen molar-refractivity contribution in [3.8, 4) is 11.8 Å². The number of carbonyl (C=O) groups is 2. The van der Waals surface area contributed by atoms with Gasteiger partial charge in [0.2, 0.25) is 0 Å². The predicted octanol–water partition coefficient (Wildman–Crippen LogP) is 2.93. The highest BCUT2D eigenvalue weighted by Gasteiger charge is 2.07. The van der Waals surface area contributed by atoms with Crippen LogP contribution in [0.3, 0.4) is 0 Å². The molecular weight excluding hydrogens is 280 g/mol. The van der Waals surface area contributed by atoms with Gasteiger partial charge in [-0.05, 0) is 42.0 Å². The molecule has 1 amide bonds. The first kappa shape index (κ1) is 15.3. The summed E-state index contributed by atoms with van der Waals surface area (Å²) in [5.74, 6) is -0.276. The zero-order valence-corrected chi connectivity index (χ0v) is 12.0. The summed E-state index contributed by atoms with van der Waals surface area (Å²) in [6.07, 6.45) is 0.339. The molecule has 0 bridgehead atoms. The summed E-state index contributed by atoms with van der Waals surface area (Å²) in [5, 5.41) is 11.4. The lowest BCUT2D eigenvalue weighted by atomic mass is 10.1. The van der Waals surface area contributed by atoms with Gasteiger partial charge >= 0.3 is 5.97 Å². The van der Waals surface area contributed by atoms with Gasteiger partial charge in [-0.1, -0.05) is 12.1 Å². The van der Waals surface area contributed by atoms with Gasteiger partial charge in [-0.25, -0.2) is 0 Å². The number of esters is 1. The van der Waals surface area contributed by atoms with Gasteiger partial charge in [0.25, 0.3) is 5.91 Å². The first-order chi connectivity index (χ1) is 10.6. The van der Waals surface area contributed by atoms with E-state index < -0.39 is 5.97 Å². The quantitative estimate of drug-likeness (QED) is 0.694. The van der Waals surface area contributed by atoms with Crippen molar-refractivity contribution in [2.24, 2.45) is 0 Å². The van der Waals surface area contributed by atoms with Crippen LogP contribution < -0.4 is 10.1 Å². The van der Waals surface area contributed by atoms with Crippen LogP contribution >= 0.6 is 0 Å². The van der Waals surface area contributed by atoms with Crippen LogP contribution in [-0.2, 0) is 11.2 Å². The number of nitrogens with zero attached hydrogens (tertiary/aromatic N) is 1. The average Bonchev–Trinajstić information content (AvgIpc) is 2.49. The number of ether oxygens (including phenoxy) is 1. The Morgan fingerprint density at radius 3 is 2.27 bits per heavy atom. The number of nitrogens with one attached hydrogen (secondary N) is 1. The third-order valence-electron chi connectivity index (χ3n) is 2.87. The van der Waals surface area contributed by atoms with Gasteiger partial charge in [-0.2, -0.15) is 5.26 Å². The Morgan fingerprint density at radius 1 is 1.09 bits per heavy atom. The molecule has 0 fully saturated rings. The molecule has 1 N–H and O–H groups in total. The zero-order chi connectivity index (χ0) is 15.9. The SMILES string of the molecule is CC(=O)Oc1ccc(C(=O)Nc2ccc(CC#N)cc2)cc1. The van der Waals surface area contributed by atoms with Crippen LogP contribution in [0.4, 0.5) is 5.69 Å². The van der Waals surface area contributed by atoms with Gasteiger partial charge in [-0.3, -0.25) is 9.59 Å². The fourth-order valence-electron chi connectivity index (χ4n) is 1.84. The van der Waals surface area contributed by atoms with E-state index in [0.29, 0.717) is 23.4 Å². The molecule has 2 aromatic rings. The van der Waals surface area contributed by atoms with Crippen molar-refractivity contribution in [1.82, 2.24) is 0 Å². The van der Waals surface area contributed by atoms with Crippen molar-refractivity contribution < 1.29 is 14.3 Å².